The van der Waals surface area contributed by atoms with E-state index in [1.807, 2.05) is 23.9 Å². The summed E-state index contributed by atoms with van der Waals surface area (Å²) in [5.74, 6) is -0.147. The molecule has 0 aliphatic heterocycles. The van der Waals surface area contributed by atoms with E-state index in [0.29, 0.717) is 0 Å². The standard InChI is InChI=1S/C14H20N2OS/c1-10(15)14(17)16-11-6-8-13(9-7-11)18-12-4-2-3-5-12/h6-10,12H,2-5,15H2,1H3,(H,16,17)/t10-/m1/s1. The van der Waals surface area contributed by atoms with E-state index in [4.69, 9.17) is 5.73 Å². The molecular weight excluding hydrogens is 244 g/mol. The second kappa shape index (κ2) is 6.25. The number of thioether (sulfide) groups is 1. The third-order valence-corrected chi connectivity index (χ3v) is 4.49. The van der Waals surface area contributed by atoms with Crippen molar-refractivity contribution in [2.45, 2.75) is 48.8 Å². The molecule has 0 bridgehead atoms. The van der Waals surface area contributed by atoms with Crippen molar-refractivity contribution in [2.75, 3.05) is 5.32 Å². The molecular formula is C14H20N2OS. The molecule has 0 unspecified atom stereocenters. The van der Waals surface area contributed by atoms with Crippen molar-refractivity contribution < 1.29 is 4.79 Å². The number of hydrogen-bond donors (Lipinski definition) is 2. The first kappa shape index (κ1) is 13.4. The van der Waals surface area contributed by atoms with Crippen LogP contribution >= 0.6 is 11.8 Å². The minimum absolute atomic E-state index is 0.147. The van der Waals surface area contributed by atoms with Gasteiger partial charge in [-0.3, -0.25) is 4.79 Å². The molecule has 2 rings (SSSR count). The predicted molar refractivity (Wildman–Crippen MR) is 76.8 cm³/mol. The highest BCUT2D eigenvalue weighted by Crippen LogP contribution is 2.34. The largest absolute Gasteiger partial charge is 0.325 e. The molecule has 0 saturated heterocycles. The summed E-state index contributed by atoms with van der Waals surface area (Å²) in [5, 5.41) is 3.56. The number of benzene rings is 1. The van der Waals surface area contributed by atoms with Crippen LogP contribution in [0.5, 0.6) is 0 Å². The van der Waals surface area contributed by atoms with E-state index in [9.17, 15) is 4.79 Å². The maximum atomic E-state index is 11.4. The molecule has 0 spiro atoms. The Balaban J connectivity index is 1.90. The van der Waals surface area contributed by atoms with Gasteiger partial charge < -0.3 is 11.1 Å². The lowest BCUT2D eigenvalue weighted by molar-refractivity contribution is -0.117. The van der Waals surface area contributed by atoms with E-state index in [0.717, 1.165) is 10.9 Å². The SMILES string of the molecule is C[C@@H](N)C(=O)Nc1ccc(SC2CCCC2)cc1. The molecule has 1 aliphatic rings. The van der Waals surface area contributed by atoms with Crippen LogP contribution in [0.25, 0.3) is 0 Å². The Labute approximate surface area is 113 Å². The average molecular weight is 264 g/mol. The molecule has 3 N–H and O–H groups in total. The highest BCUT2D eigenvalue weighted by molar-refractivity contribution is 8.00. The normalized spacial score (nSPS) is 17.7. The van der Waals surface area contributed by atoms with Gasteiger partial charge in [0.2, 0.25) is 5.91 Å². The molecule has 1 amide bonds. The van der Waals surface area contributed by atoms with Gasteiger partial charge in [-0.05, 0) is 44.0 Å². The molecule has 0 heterocycles. The van der Waals surface area contributed by atoms with E-state index in [-0.39, 0.29) is 5.91 Å². The predicted octanol–water partition coefficient (Wildman–Crippen LogP) is 3.01. The lowest BCUT2D eigenvalue weighted by Crippen LogP contribution is -2.32. The van der Waals surface area contributed by atoms with Crippen LogP contribution in [0, 0.1) is 0 Å². The number of carbonyl (C=O) groups is 1. The fourth-order valence-corrected chi connectivity index (χ4v) is 3.32. The van der Waals surface area contributed by atoms with Gasteiger partial charge in [-0.1, -0.05) is 12.8 Å². The molecule has 1 aromatic rings. The third-order valence-electron chi connectivity index (χ3n) is 3.14. The molecule has 1 aliphatic carbocycles. The van der Waals surface area contributed by atoms with Gasteiger partial charge >= 0.3 is 0 Å². The van der Waals surface area contributed by atoms with Crippen LogP contribution in [0.4, 0.5) is 5.69 Å². The van der Waals surface area contributed by atoms with E-state index >= 15 is 0 Å². The van der Waals surface area contributed by atoms with Gasteiger partial charge in [-0.25, -0.2) is 0 Å². The average Bonchev–Trinajstić information content (AvgIpc) is 2.84. The zero-order chi connectivity index (χ0) is 13.0. The number of rotatable bonds is 4. The van der Waals surface area contributed by atoms with Crippen LogP contribution in [0.2, 0.25) is 0 Å². The van der Waals surface area contributed by atoms with Gasteiger partial charge in [0.05, 0.1) is 6.04 Å². The topological polar surface area (TPSA) is 55.1 Å². The van der Waals surface area contributed by atoms with Crippen molar-refractivity contribution >= 4 is 23.4 Å². The maximum absolute atomic E-state index is 11.4. The highest BCUT2D eigenvalue weighted by atomic mass is 32.2. The molecule has 4 heteroatoms. The van der Waals surface area contributed by atoms with Crippen molar-refractivity contribution in [2.24, 2.45) is 5.73 Å². The van der Waals surface area contributed by atoms with Gasteiger partial charge in [0.1, 0.15) is 0 Å². The van der Waals surface area contributed by atoms with Gasteiger partial charge in [0.15, 0.2) is 0 Å². The van der Waals surface area contributed by atoms with E-state index < -0.39 is 6.04 Å². The van der Waals surface area contributed by atoms with Crippen molar-refractivity contribution in [3.63, 3.8) is 0 Å². The number of amides is 1. The second-order valence-corrected chi connectivity index (χ2v) is 6.20. The summed E-state index contributed by atoms with van der Waals surface area (Å²) in [6.07, 6.45) is 5.38. The number of hydrogen-bond acceptors (Lipinski definition) is 3. The Morgan fingerprint density at radius 2 is 1.94 bits per heavy atom. The zero-order valence-corrected chi connectivity index (χ0v) is 11.5. The molecule has 98 valence electrons. The van der Waals surface area contributed by atoms with E-state index in [2.05, 4.69) is 17.4 Å². The Hall–Kier alpha value is -1.00. The number of carbonyl (C=O) groups excluding carboxylic acids is 1. The fourth-order valence-electron chi connectivity index (χ4n) is 2.07. The van der Waals surface area contributed by atoms with Crippen LogP contribution in [-0.2, 0) is 4.79 Å². The molecule has 0 aromatic heterocycles. The summed E-state index contributed by atoms with van der Waals surface area (Å²) in [4.78, 5) is 12.7. The van der Waals surface area contributed by atoms with Crippen LogP contribution in [0.3, 0.4) is 0 Å². The summed E-state index contributed by atoms with van der Waals surface area (Å²) in [6.45, 7) is 1.68. The summed E-state index contributed by atoms with van der Waals surface area (Å²) in [5.41, 5.74) is 6.32. The smallest absolute Gasteiger partial charge is 0.240 e. The monoisotopic (exact) mass is 264 g/mol. The summed E-state index contributed by atoms with van der Waals surface area (Å²) < 4.78 is 0. The van der Waals surface area contributed by atoms with Crippen LogP contribution in [-0.4, -0.2) is 17.2 Å². The summed E-state index contributed by atoms with van der Waals surface area (Å²) in [7, 11) is 0. The Morgan fingerprint density at radius 1 is 1.33 bits per heavy atom. The number of anilines is 1. The maximum Gasteiger partial charge on any atom is 0.240 e. The van der Waals surface area contributed by atoms with Crippen LogP contribution in [0.15, 0.2) is 29.2 Å². The molecule has 18 heavy (non-hydrogen) atoms. The lowest BCUT2D eigenvalue weighted by Gasteiger charge is -2.10. The Bertz CT molecular complexity index is 397. The second-order valence-electron chi connectivity index (χ2n) is 4.83. The molecule has 1 saturated carbocycles. The van der Waals surface area contributed by atoms with Gasteiger partial charge in [-0.15, -0.1) is 11.8 Å². The number of nitrogens with two attached hydrogens (primary N) is 1. The Kier molecular flexibility index (Phi) is 4.66. The number of nitrogens with one attached hydrogen (secondary N) is 1. The van der Waals surface area contributed by atoms with Crippen molar-refractivity contribution in [3.8, 4) is 0 Å². The molecule has 1 aromatic carbocycles. The summed E-state index contributed by atoms with van der Waals surface area (Å²) >= 11 is 1.95. The Morgan fingerprint density at radius 3 is 2.50 bits per heavy atom. The van der Waals surface area contributed by atoms with Gasteiger partial charge in [0.25, 0.3) is 0 Å². The lowest BCUT2D eigenvalue weighted by atomic mass is 10.3. The molecule has 0 radical (unpaired) electrons. The first-order chi connectivity index (χ1) is 8.65. The minimum Gasteiger partial charge on any atom is -0.325 e. The van der Waals surface area contributed by atoms with Crippen molar-refractivity contribution in [1.82, 2.24) is 0 Å². The van der Waals surface area contributed by atoms with Gasteiger partial charge in [-0.2, -0.15) is 0 Å². The van der Waals surface area contributed by atoms with E-state index in [1.165, 1.54) is 30.6 Å². The third kappa shape index (κ3) is 3.75. The highest BCUT2D eigenvalue weighted by Gasteiger charge is 2.16. The van der Waals surface area contributed by atoms with Gasteiger partial charge in [0, 0.05) is 15.8 Å². The fraction of sp³-hybridized carbons (Fsp3) is 0.500. The zero-order valence-electron chi connectivity index (χ0n) is 10.7. The quantitative estimate of drug-likeness (QED) is 0.879. The van der Waals surface area contributed by atoms with Crippen LogP contribution < -0.4 is 11.1 Å². The van der Waals surface area contributed by atoms with Crippen LogP contribution in [0.1, 0.15) is 32.6 Å². The molecule has 1 fully saturated rings. The molecule has 1 atom stereocenters. The first-order valence-electron chi connectivity index (χ1n) is 6.48. The minimum atomic E-state index is -0.474. The van der Waals surface area contributed by atoms with Crippen molar-refractivity contribution in [1.29, 1.82) is 0 Å². The summed E-state index contributed by atoms with van der Waals surface area (Å²) in [6, 6.07) is 7.55. The van der Waals surface area contributed by atoms with E-state index in [1.54, 1.807) is 6.92 Å². The molecule has 3 nitrogen and oxygen atoms in total. The first-order valence-corrected chi connectivity index (χ1v) is 7.36. The van der Waals surface area contributed by atoms with Crippen molar-refractivity contribution in [3.05, 3.63) is 24.3 Å².